The van der Waals surface area contributed by atoms with Crippen LogP contribution in [0.3, 0.4) is 0 Å². The number of hydrogen-bond acceptors (Lipinski definition) is 8. The van der Waals surface area contributed by atoms with E-state index >= 15 is 0 Å². The molecule has 0 fully saturated rings. The molecule has 1 atom stereocenters. The van der Waals surface area contributed by atoms with Gasteiger partial charge >= 0.3 is 11.9 Å². The number of halogens is 2. The molecule has 8 nitrogen and oxygen atoms in total. The number of nitrogens with one attached hydrogen (secondary N) is 2. The van der Waals surface area contributed by atoms with E-state index in [1.54, 1.807) is 32.0 Å². The molecule has 0 spiro atoms. The number of carbonyl (C=O) groups is 2. The Morgan fingerprint density at radius 2 is 1.69 bits per heavy atom. The van der Waals surface area contributed by atoms with E-state index in [-0.39, 0.29) is 29.4 Å². The molecule has 1 aliphatic heterocycles. The molecule has 2 aromatic rings. The standard InChI is InChI=1S/C29H34Cl2N2O6/c1-4-39-29(35)26-23(18-38-16-15-37-14-13-32-17-20-9-6-5-7-10-20)33-19(2)24(28(34)36-3)25(26)21-11-8-12-22(30)27(21)31/h5-12,25,32-33H,4,13-18H2,1-3H3. The number of methoxy groups -OCH3 is 1. The maximum Gasteiger partial charge on any atom is 0.336 e. The van der Waals surface area contributed by atoms with Crippen LogP contribution in [-0.4, -0.2) is 58.6 Å². The molecule has 2 N–H and O–H groups in total. The van der Waals surface area contributed by atoms with Gasteiger partial charge < -0.3 is 29.6 Å². The summed E-state index contributed by atoms with van der Waals surface area (Å²) in [6, 6.07) is 15.2. The molecule has 1 heterocycles. The molecule has 0 radical (unpaired) electrons. The Bertz CT molecular complexity index is 1200. The van der Waals surface area contributed by atoms with E-state index in [9.17, 15) is 9.59 Å². The first-order valence-corrected chi connectivity index (χ1v) is 13.4. The molecular formula is C29H34Cl2N2O6. The first-order valence-electron chi connectivity index (χ1n) is 12.7. The molecule has 0 aromatic heterocycles. The van der Waals surface area contributed by atoms with Crippen LogP contribution in [0.5, 0.6) is 0 Å². The molecule has 0 bridgehead atoms. The van der Waals surface area contributed by atoms with Gasteiger partial charge in [-0.2, -0.15) is 0 Å². The van der Waals surface area contributed by atoms with Crippen LogP contribution in [0.1, 0.15) is 30.9 Å². The minimum absolute atomic E-state index is 0.0598. The van der Waals surface area contributed by atoms with Crippen molar-refractivity contribution in [3.05, 3.63) is 92.2 Å². The SMILES string of the molecule is CCOC(=O)C1=C(COCCOCCNCc2ccccc2)NC(C)=C(C(=O)OC)C1c1cccc(Cl)c1Cl. The minimum atomic E-state index is -0.866. The average molecular weight is 578 g/mol. The van der Waals surface area contributed by atoms with Crippen LogP contribution in [-0.2, 0) is 35.1 Å². The summed E-state index contributed by atoms with van der Waals surface area (Å²) in [4.78, 5) is 26.1. The van der Waals surface area contributed by atoms with Crippen LogP contribution in [0, 0.1) is 0 Å². The summed E-state index contributed by atoms with van der Waals surface area (Å²) in [5, 5.41) is 7.00. The van der Waals surface area contributed by atoms with Gasteiger partial charge in [-0.25, -0.2) is 9.59 Å². The molecule has 1 aliphatic rings. The van der Waals surface area contributed by atoms with E-state index < -0.39 is 17.9 Å². The van der Waals surface area contributed by atoms with Crippen molar-refractivity contribution in [1.29, 1.82) is 0 Å². The smallest absolute Gasteiger partial charge is 0.336 e. The minimum Gasteiger partial charge on any atom is -0.466 e. The highest BCUT2D eigenvalue weighted by molar-refractivity contribution is 6.42. The van der Waals surface area contributed by atoms with Crippen LogP contribution in [0.25, 0.3) is 0 Å². The predicted octanol–water partition coefficient (Wildman–Crippen LogP) is 4.77. The van der Waals surface area contributed by atoms with Crippen molar-refractivity contribution in [1.82, 2.24) is 10.6 Å². The Morgan fingerprint density at radius 1 is 0.949 bits per heavy atom. The number of ether oxygens (including phenoxy) is 4. The highest BCUT2D eigenvalue weighted by Gasteiger charge is 2.40. The van der Waals surface area contributed by atoms with Crippen molar-refractivity contribution in [2.24, 2.45) is 0 Å². The van der Waals surface area contributed by atoms with Crippen molar-refractivity contribution in [3.8, 4) is 0 Å². The van der Waals surface area contributed by atoms with Gasteiger partial charge in [0, 0.05) is 18.8 Å². The third-order valence-electron chi connectivity index (χ3n) is 6.05. The van der Waals surface area contributed by atoms with Crippen LogP contribution in [0.2, 0.25) is 10.0 Å². The average Bonchev–Trinajstić information content (AvgIpc) is 2.93. The number of rotatable bonds is 14. The second-order valence-electron chi connectivity index (χ2n) is 8.67. The highest BCUT2D eigenvalue weighted by atomic mass is 35.5. The largest absolute Gasteiger partial charge is 0.466 e. The first kappa shape index (κ1) is 30.7. The number of esters is 2. The molecule has 3 rings (SSSR count). The summed E-state index contributed by atoms with van der Waals surface area (Å²) in [5.41, 5.74) is 3.11. The van der Waals surface area contributed by atoms with Crippen molar-refractivity contribution in [2.75, 3.05) is 46.7 Å². The summed E-state index contributed by atoms with van der Waals surface area (Å²) in [6.07, 6.45) is 0. The molecule has 0 saturated carbocycles. The summed E-state index contributed by atoms with van der Waals surface area (Å²) in [7, 11) is 1.28. The van der Waals surface area contributed by atoms with Gasteiger partial charge in [0.05, 0.1) is 73.0 Å². The third-order valence-corrected chi connectivity index (χ3v) is 6.89. The maximum atomic E-state index is 13.2. The number of allylic oxidation sites excluding steroid dienone is 1. The maximum absolute atomic E-state index is 13.2. The van der Waals surface area contributed by atoms with Crippen LogP contribution in [0.4, 0.5) is 0 Å². The van der Waals surface area contributed by atoms with E-state index in [4.69, 9.17) is 42.1 Å². The molecule has 0 saturated heterocycles. The molecular weight excluding hydrogens is 543 g/mol. The lowest BCUT2D eigenvalue weighted by Crippen LogP contribution is -2.35. The Labute approximate surface area is 239 Å². The zero-order chi connectivity index (χ0) is 28.2. The van der Waals surface area contributed by atoms with Crippen molar-refractivity contribution >= 4 is 35.1 Å². The van der Waals surface area contributed by atoms with Gasteiger partial charge in [-0.15, -0.1) is 0 Å². The lowest BCUT2D eigenvalue weighted by atomic mass is 9.80. The van der Waals surface area contributed by atoms with Gasteiger partial charge in [-0.3, -0.25) is 0 Å². The summed E-state index contributed by atoms with van der Waals surface area (Å²) >= 11 is 12.9. The van der Waals surface area contributed by atoms with E-state index in [1.165, 1.54) is 12.7 Å². The van der Waals surface area contributed by atoms with Crippen LogP contribution in [0.15, 0.2) is 71.1 Å². The Kier molecular flexibility index (Phi) is 12.3. The van der Waals surface area contributed by atoms with Gasteiger partial charge in [-0.1, -0.05) is 65.7 Å². The molecule has 10 heteroatoms. The lowest BCUT2D eigenvalue weighted by Gasteiger charge is -2.31. The number of dihydropyridines is 1. The second-order valence-corrected chi connectivity index (χ2v) is 9.46. The number of hydrogen-bond donors (Lipinski definition) is 2. The second kappa shape index (κ2) is 15.6. The van der Waals surface area contributed by atoms with Crippen molar-refractivity contribution in [2.45, 2.75) is 26.3 Å². The lowest BCUT2D eigenvalue weighted by molar-refractivity contribution is -0.139. The van der Waals surface area contributed by atoms with Crippen molar-refractivity contribution in [3.63, 3.8) is 0 Å². The number of carbonyl (C=O) groups excluding carboxylic acids is 2. The van der Waals surface area contributed by atoms with Gasteiger partial charge in [0.25, 0.3) is 0 Å². The quantitative estimate of drug-likeness (QED) is 0.245. The molecule has 2 aromatic carbocycles. The van der Waals surface area contributed by atoms with E-state index in [1.807, 2.05) is 18.2 Å². The van der Waals surface area contributed by atoms with Gasteiger partial charge in [0.1, 0.15) is 0 Å². The fraction of sp³-hybridized carbons (Fsp3) is 0.379. The Balaban J connectivity index is 1.69. The third kappa shape index (κ3) is 8.30. The summed E-state index contributed by atoms with van der Waals surface area (Å²) in [5.74, 6) is -2.06. The Morgan fingerprint density at radius 3 is 2.41 bits per heavy atom. The van der Waals surface area contributed by atoms with E-state index in [0.717, 1.165) is 6.54 Å². The first-order chi connectivity index (χ1) is 18.9. The fourth-order valence-corrected chi connectivity index (χ4v) is 4.68. The van der Waals surface area contributed by atoms with Crippen LogP contribution < -0.4 is 10.6 Å². The highest BCUT2D eigenvalue weighted by Crippen LogP contribution is 2.43. The summed E-state index contributed by atoms with van der Waals surface area (Å²) in [6.45, 7) is 6.33. The van der Waals surface area contributed by atoms with E-state index in [0.29, 0.717) is 48.3 Å². The molecule has 210 valence electrons. The van der Waals surface area contributed by atoms with Gasteiger partial charge in [-0.05, 0) is 31.0 Å². The predicted molar refractivity (Wildman–Crippen MR) is 151 cm³/mol. The van der Waals surface area contributed by atoms with Crippen LogP contribution >= 0.6 is 23.2 Å². The normalized spacial score (nSPS) is 15.3. The summed E-state index contributed by atoms with van der Waals surface area (Å²) < 4.78 is 21.9. The molecule has 39 heavy (non-hydrogen) atoms. The zero-order valence-electron chi connectivity index (χ0n) is 22.4. The number of benzene rings is 2. The Hall–Kier alpha value is -2.88. The fourth-order valence-electron chi connectivity index (χ4n) is 4.26. The monoisotopic (exact) mass is 576 g/mol. The molecule has 1 unspecified atom stereocenters. The van der Waals surface area contributed by atoms with Crippen molar-refractivity contribution < 1.29 is 28.5 Å². The van der Waals surface area contributed by atoms with Gasteiger partial charge in [0.15, 0.2) is 0 Å². The van der Waals surface area contributed by atoms with E-state index in [2.05, 4.69) is 22.8 Å². The zero-order valence-corrected chi connectivity index (χ0v) is 23.9. The topological polar surface area (TPSA) is 95.1 Å². The molecule has 0 aliphatic carbocycles. The molecule has 0 amide bonds. The van der Waals surface area contributed by atoms with Gasteiger partial charge in [0.2, 0.25) is 0 Å².